The predicted molar refractivity (Wildman–Crippen MR) is 47.4 cm³/mol. The second-order valence-electron chi connectivity index (χ2n) is 2.22. The van der Waals surface area contributed by atoms with Crippen LogP contribution in [0.15, 0.2) is 24.3 Å². The van der Waals surface area contributed by atoms with Crippen molar-refractivity contribution in [2.45, 2.75) is 6.92 Å². The maximum Gasteiger partial charge on any atom is 1.00 e. The normalized spacial score (nSPS) is 8.00. The Bertz CT molecular complexity index is 198. The van der Waals surface area contributed by atoms with Gasteiger partial charge in [-0.3, -0.25) is 0 Å². The minimum absolute atomic E-state index is 0. The van der Waals surface area contributed by atoms with Crippen molar-refractivity contribution >= 4 is 0 Å². The molecule has 1 aromatic carbocycles. The van der Waals surface area contributed by atoms with E-state index in [1.807, 2.05) is 6.07 Å². The van der Waals surface area contributed by atoms with Gasteiger partial charge in [-0.2, -0.15) is 0 Å². The van der Waals surface area contributed by atoms with Crippen LogP contribution >= 0.6 is 0 Å². The summed E-state index contributed by atoms with van der Waals surface area (Å²) in [6.07, 6.45) is 0. The van der Waals surface area contributed by atoms with E-state index in [9.17, 15) is 4.39 Å². The molecule has 0 aliphatic heterocycles. The van der Waals surface area contributed by atoms with Gasteiger partial charge in [0.25, 0.3) is 0 Å². The Balaban J connectivity index is 0. The van der Waals surface area contributed by atoms with Crippen LogP contribution in [-0.2, 0) is 0 Å². The number of aliphatic hydroxyl groups excluding tert-OH is 1. The van der Waals surface area contributed by atoms with E-state index in [-0.39, 0.29) is 70.4 Å². The summed E-state index contributed by atoms with van der Waals surface area (Å²) < 4.78 is 12.3. The third kappa shape index (κ3) is 9.02. The van der Waals surface area contributed by atoms with Crippen LogP contribution in [-0.4, -0.2) is 18.3 Å². The Morgan fingerprint density at radius 3 is 2.08 bits per heavy atom. The average Bonchev–Trinajstić information content (AvgIpc) is 2.11. The van der Waals surface area contributed by atoms with Crippen LogP contribution in [0, 0.1) is 12.7 Å². The van der Waals surface area contributed by atoms with Crippen molar-refractivity contribution in [1.29, 1.82) is 0 Å². The summed E-state index contributed by atoms with van der Waals surface area (Å²) in [7, 11) is 0. The standard InChI is InChI=1S/C7H7F.C2H6NO.K/c1-6-4-2-3-5-7(6)8;3-1-2-4;/h2-5H,1H3;3-4H,1-2H2;/q;-1;+1. The van der Waals surface area contributed by atoms with Crippen molar-refractivity contribution in [3.05, 3.63) is 41.4 Å². The second kappa shape index (κ2) is 10.8. The summed E-state index contributed by atoms with van der Waals surface area (Å²) in [6, 6.07) is 6.70. The van der Waals surface area contributed by atoms with Crippen LogP contribution < -0.4 is 51.4 Å². The molecule has 0 aliphatic rings. The Hall–Kier alpha value is 0.706. The molecule has 1 rings (SSSR count). The molecule has 0 radical (unpaired) electrons. The van der Waals surface area contributed by atoms with Crippen molar-refractivity contribution in [2.75, 3.05) is 13.2 Å². The van der Waals surface area contributed by atoms with Crippen LogP contribution in [0.3, 0.4) is 0 Å². The smallest absolute Gasteiger partial charge is 0.676 e. The van der Waals surface area contributed by atoms with Gasteiger partial charge in [-0.1, -0.05) is 18.2 Å². The number of rotatable bonds is 1. The molecule has 0 bridgehead atoms. The summed E-state index contributed by atoms with van der Waals surface area (Å²) in [5, 5.41) is 7.69. The zero-order valence-electron chi connectivity index (χ0n) is 8.05. The molecule has 0 aromatic heterocycles. The van der Waals surface area contributed by atoms with Gasteiger partial charge < -0.3 is 10.8 Å². The first-order chi connectivity index (χ1) is 5.72. The van der Waals surface area contributed by atoms with Gasteiger partial charge in [0.05, 0.1) is 0 Å². The topological polar surface area (TPSA) is 44.0 Å². The third-order valence-electron chi connectivity index (χ3n) is 1.19. The van der Waals surface area contributed by atoms with Gasteiger partial charge in [-0.15, -0.1) is 6.54 Å². The van der Waals surface area contributed by atoms with Gasteiger partial charge in [0, 0.05) is 6.61 Å². The summed E-state index contributed by atoms with van der Waals surface area (Å²) in [6.45, 7) is 1.86. The molecule has 0 aliphatic carbocycles. The zero-order valence-corrected chi connectivity index (χ0v) is 11.2. The molecule has 0 atom stereocenters. The molecule has 0 unspecified atom stereocenters. The number of hydrogen-bond acceptors (Lipinski definition) is 1. The first-order valence-corrected chi connectivity index (χ1v) is 3.69. The Morgan fingerprint density at radius 1 is 1.38 bits per heavy atom. The molecule has 0 heterocycles. The van der Waals surface area contributed by atoms with Crippen molar-refractivity contribution in [3.8, 4) is 0 Å². The van der Waals surface area contributed by atoms with E-state index in [1.165, 1.54) is 6.07 Å². The fourth-order valence-electron chi connectivity index (χ4n) is 0.551. The summed E-state index contributed by atoms with van der Waals surface area (Å²) in [4.78, 5) is 0. The van der Waals surface area contributed by atoms with Crippen molar-refractivity contribution < 1.29 is 60.9 Å². The molecule has 1 aromatic rings. The Labute approximate surface area is 121 Å². The summed E-state index contributed by atoms with van der Waals surface area (Å²) >= 11 is 0. The quantitative estimate of drug-likeness (QED) is 0.603. The summed E-state index contributed by atoms with van der Waals surface area (Å²) in [5.74, 6) is -0.132. The third-order valence-corrected chi connectivity index (χ3v) is 1.19. The Kier molecular flexibility index (Phi) is 13.4. The maximum absolute atomic E-state index is 12.3. The molecule has 13 heavy (non-hydrogen) atoms. The van der Waals surface area contributed by atoms with Crippen LogP contribution in [0.25, 0.3) is 5.73 Å². The predicted octanol–water partition coefficient (Wildman–Crippen LogP) is -0.831. The zero-order chi connectivity index (χ0) is 9.40. The van der Waals surface area contributed by atoms with Gasteiger partial charge in [0.1, 0.15) is 5.82 Å². The largest absolute Gasteiger partial charge is 1.00 e. The van der Waals surface area contributed by atoms with Gasteiger partial charge >= 0.3 is 51.4 Å². The molecule has 0 amide bonds. The molecule has 0 spiro atoms. The molecule has 0 fully saturated rings. The number of benzene rings is 1. The van der Waals surface area contributed by atoms with Crippen LogP contribution in [0.5, 0.6) is 0 Å². The number of hydrogen-bond donors (Lipinski definition) is 1. The Morgan fingerprint density at radius 2 is 1.85 bits per heavy atom. The summed E-state index contributed by atoms with van der Waals surface area (Å²) in [5.41, 5.74) is 6.90. The van der Waals surface area contributed by atoms with Gasteiger partial charge in [-0.25, -0.2) is 4.39 Å². The molecule has 68 valence electrons. The van der Waals surface area contributed by atoms with E-state index in [2.05, 4.69) is 0 Å². The first-order valence-electron chi connectivity index (χ1n) is 3.69. The minimum Gasteiger partial charge on any atom is -0.676 e. The van der Waals surface area contributed by atoms with Gasteiger partial charge in [0.15, 0.2) is 0 Å². The van der Waals surface area contributed by atoms with Crippen molar-refractivity contribution in [3.63, 3.8) is 0 Å². The van der Waals surface area contributed by atoms with E-state index in [4.69, 9.17) is 10.8 Å². The molecule has 0 saturated carbocycles. The van der Waals surface area contributed by atoms with E-state index < -0.39 is 0 Å². The van der Waals surface area contributed by atoms with Crippen LogP contribution in [0.1, 0.15) is 5.56 Å². The minimum atomic E-state index is -0.132. The van der Waals surface area contributed by atoms with Crippen LogP contribution in [0.4, 0.5) is 4.39 Å². The molecule has 4 heteroatoms. The van der Waals surface area contributed by atoms with E-state index >= 15 is 0 Å². The first kappa shape index (κ1) is 16.1. The fourth-order valence-corrected chi connectivity index (χ4v) is 0.551. The van der Waals surface area contributed by atoms with Gasteiger partial charge in [0.2, 0.25) is 0 Å². The molecular weight excluding hydrogens is 196 g/mol. The SMILES string of the molecule is Cc1ccccc1F.[K+].[NH-]CCO. The number of aryl methyl sites for hydroxylation is 1. The van der Waals surface area contributed by atoms with Gasteiger partial charge in [-0.05, 0) is 18.6 Å². The monoisotopic (exact) mass is 209 g/mol. The van der Waals surface area contributed by atoms with Crippen molar-refractivity contribution in [1.82, 2.24) is 0 Å². The molecular formula is C9H13FKNO. The number of nitrogens with one attached hydrogen (secondary N) is 1. The van der Waals surface area contributed by atoms with E-state index in [0.29, 0.717) is 5.56 Å². The van der Waals surface area contributed by atoms with E-state index in [1.54, 1.807) is 19.1 Å². The molecule has 2 N–H and O–H groups in total. The fraction of sp³-hybridized carbons (Fsp3) is 0.333. The molecule has 2 nitrogen and oxygen atoms in total. The number of aliphatic hydroxyl groups is 1. The maximum atomic E-state index is 12.3. The van der Waals surface area contributed by atoms with Crippen molar-refractivity contribution in [2.24, 2.45) is 0 Å². The van der Waals surface area contributed by atoms with Crippen LogP contribution in [0.2, 0.25) is 0 Å². The average molecular weight is 209 g/mol. The van der Waals surface area contributed by atoms with E-state index in [0.717, 1.165) is 0 Å². The number of halogens is 1. The second-order valence-corrected chi connectivity index (χ2v) is 2.22. The molecule has 0 saturated heterocycles.